The molecule has 1 heterocycles. The van der Waals surface area contributed by atoms with Gasteiger partial charge in [0, 0.05) is 30.4 Å². The summed E-state index contributed by atoms with van der Waals surface area (Å²) in [5, 5.41) is 0. The summed E-state index contributed by atoms with van der Waals surface area (Å²) in [6, 6.07) is 12.0. The van der Waals surface area contributed by atoms with E-state index in [1.807, 2.05) is 30.3 Å². The maximum Gasteiger partial charge on any atom is 0.123 e. The lowest BCUT2D eigenvalue weighted by atomic mass is 10.1. The van der Waals surface area contributed by atoms with Gasteiger partial charge in [-0.1, -0.05) is 23.8 Å². The third-order valence-electron chi connectivity index (χ3n) is 2.78. The molecule has 2 rings (SSSR count). The van der Waals surface area contributed by atoms with Gasteiger partial charge in [-0.3, -0.25) is 4.98 Å². The van der Waals surface area contributed by atoms with Crippen molar-refractivity contribution in [1.29, 1.82) is 0 Å². The summed E-state index contributed by atoms with van der Waals surface area (Å²) in [7, 11) is 0. The molecule has 3 nitrogen and oxygen atoms in total. The van der Waals surface area contributed by atoms with E-state index < -0.39 is 0 Å². The van der Waals surface area contributed by atoms with Gasteiger partial charge in [0.15, 0.2) is 0 Å². The maximum absolute atomic E-state index is 5.77. The van der Waals surface area contributed by atoms with Crippen molar-refractivity contribution in [1.82, 2.24) is 4.98 Å². The third-order valence-corrected chi connectivity index (χ3v) is 2.78. The van der Waals surface area contributed by atoms with Crippen LogP contribution in [0.4, 0.5) is 0 Å². The molecule has 0 saturated heterocycles. The Kier molecular flexibility index (Phi) is 4.31. The number of nitrogens with zero attached hydrogens (tertiary/aromatic N) is 1. The molecule has 0 spiro atoms. The molecule has 0 fully saturated rings. The van der Waals surface area contributed by atoms with E-state index in [-0.39, 0.29) is 0 Å². The van der Waals surface area contributed by atoms with Crippen LogP contribution < -0.4 is 10.5 Å². The molecule has 0 bridgehead atoms. The minimum Gasteiger partial charge on any atom is -0.493 e. The Morgan fingerprint density at radius 3 is 2.83 bits per heavy atom. The van der Waals surface area contributed by atoms with E-state index in [0.717, 1.165) is 23.4 Å². The number of benzene rings is 1. The fourth-order valence-electron chi connectivity index (χ4n) is 1.82. The fraction of sp³-hybridized carbons (Fsp3) is 0.267. The summed E-state index contributed by atoms with van der Waals surface area (Å²) in [6.07, 6.45) is 2.60. The molecule has 1 aromatic heterocycles. The van der Waals surface area contributed by atoms with Crippen molar-refractivity contribution >= 4 is 0 Å². The summed E-state index contributed by atoms with van der Waals surface area (Å²) in [5.41, 5.74) is 9.00. The molecule has 0 aliphatic rings. The van der Waals surface area contributed by atoms with Gasteiger partial charge in [0.1, 0.15) is 5.75 Å². The van der Waals surface area contributed by atoms with Crippen LogP contribution in [-0.2, 0) is 13.0 Å². The summed E-state index contributed by atoms with van der Waals surface area (Å²) in [6.45, 7) is 3.17. The van der Waals surface area contributed by atoms with Crippen molar-refractivity contribution < 1.29 is 4.74 Å². The molecule has 0 atom stereocenters. The van der Waals surface area contributed by atoms with E-state index in [1.54, 1.807) is 6.20 Å². The van der Waals surface area contributed by atoms with Crippen LogP contribution >= 0.6 is 0 Å². The predicted octanol–water partition coefficient (Wildman–Crippen LogP) is 2.47. The molecule has 0 radical (unpaired) electrons. The first-order valence-corrected chi connectivity index (χ1v) is 6.12. The van der Waals surface area contributed by atoms with Crippen LogP contribution in [0.15, 0.2) is 42.6 Å². The Labute approximate surface area is 108 Å². The molecule has 18 heavy (non-hydrogen) atoms. The van der Waals surface area contributed by atoms with Gasteiger partial charge in [0.2, 0.25) is 0 Å². The number of hydrogen-bond donors (Lipinski definition) is 1. The first-order chi connectivity index (χ1) is 8.79. The highest BCUT2D eigenvalue weighted by Crippen LogP contribution is 2.19. The first-order valence-electron chi connectivity index (χ1n) is 6.12. The van der Waals surface area contributed by atoms with Crippen LogP contribution in [0.5, 0.6) is 5.75 Å². The Hall–Kier alpha value is -1.87. The van der Waals surface area contributed by atoms with Crippen LogP contribution in [0, 0.1) is 6.92 Å². The average Bonchev–Trinajstić information content (AvgIpc) is 2.41. The number of pyridine rings is 1. The number of hydrogen-bond acceptors (Lipinski definition) is 3. The van der Waals surface area contributed by atoms with Crippen molar-refractivity contribution in [3.63, 3.8) is 0 Å². The number of aryl methyl sites for hydroxylation is 1. The lowest BCUT2D eigenvalue weighted by Crippen LogP contribution is -2.06. The summed E-state index contributed by atoms with van der Waals surface area (Å²) in [5.74, 6) is 0.874. The predicted molar refractivity (Wildman–Crippen MR) is 72.5 cm³/mol. The van der Waals surface area contributed by atoms with E-state index in [9.17, 15) is 0 Å². The molecule has 0 saturated carbocycles. The second kappa shape index (κ2) is 6.17. The zero-order chi connectivity index (χ0) is 12.8. The minimum absolute atomic E-state index is 0.501. The molecule has 0 aliphatic heterocycles. The van der Waals surface area contributed by atoms with Gasteiger partial charge >= 0.3 is 0 Å². The molecule has 2 N–H and O–H groups in total. The summed E-state index contributed by atoms with van der Waals surface area (Å²) >= 11 is 0. The second-order valence-electron chi connectivity index (χ2n) is 4.23. The topological polar surface area (TPSA) is 48.1 Å². The van der Waals surface area contributed by atoms with Gasteiger partial charge in [-0.2, -0.15) is 0 Å². The monoisotopic (exact) mass is 242 g/mol. The number of aromatic nitrogens is 1. The number of ether oxygens (including phenoxy) is 1. The van der Waals surface area contributed by atoms with Crippen LogP contribution in [-0.4, -0.2) is 11.6 Å². The Balaban J connectivity index is 1.94. The van der Waals surface area contributed by atoms with E-state index in [1.165, 1.54) is 5.56 Å². The third kappa shape index (κ3) is 3.31. The van der Waals surface area contributed by atoms with Gasteiger partial charge < -0.3 is 10.5 Å². The number of nitrogens with two attached hydrogens (primary N) is 1. The standard InChI is InChI=1S/C15H18N2O/c1-12-5-6-15(13(10-12)11-16)18-9-7-14-4-2-3-8-17-14/h2-6,8,10H,7,9,11,16H2,1H3. The zero-order valence-corrected chi connectivity index (χ0v) is 10.6. The van der Waals surface area contributed by atoms with E-state index >= 15 is 0 Å². The molecule has 3 heteroatoms. The van der Waals surface area contributed by atoms with E-state index in [2.05, 4.69) is 18.0 Å². The smallest absolute Gasteiger partial charge is 0.123 e. The van der Waals surface area contributed by atoms with Crippen LogP contribution in [0.1, 0.15) is 16.8 Å². The molecule has 94 valence electrons. The highest BCUT2D eigenvalue weighted by molar-refractivity contribution is 5.36. The Morgan fingerprint density at radius 1 is 1.22 bits per heavy atom. The Bertz CT molecular complexity index is 497. The first kappa shape index (κ1) is 12.6. The minimum atomic E-state index is 0.501. The summed E-state index contributed by atoms with van der Waals surface area (Å²) in [4.78, 5) is 4.26. The van der Waals surface area contributed by atoms with Gasteiger partial charge in [0.25, 0.3) is 0 Å². The highest BCUT2D eigenvalue weighted by atomic mass is 16.5. The largest absolute Gasteiger partial charge is 0.493 e. The zero-order valence-electron chi connectivity index (χ0n) is 10.6. The lowest BCUT2D eigenvalue weighted by molar-refractivity contribution is 0.317. The highest BCUT2D eigenvalue weighted by Gasteiger charge is 2.02. The number of rotatable bonds is 5. The van der Waals surface area contributed by atoms with Crippen molar-refractivity contribution in [3.8, 4) is 5.75 Å². The van der Waals surface area contributed by atoms with Crippen LogP contribution in [0.2, 0.25) is 0 Å². The summed E-state index contributed by atoms with van der Waals surface area (Å²) < 4.78 is 5.77. The molecule has 1 aromatic carbocycles. The van der Waals surface area contributed by atoms with E-state index in [0.29, 0.717) is 13.2 Å². The van der Waals surface area contributed by atoms with Crippen molar-refractivity contribution in [2.75, 3.05) is 6.61 Å². The molecule has 2 aromatic rings. The quantitative estimate of drug-likeness (QED) is 0.876. The van der Waals surface area contributed by atoms with Gasteiger partial charge in [0.05, 0.1) is 6.61 Å². The molecule has 0 aliphatic carbocycles. The molecular weight excluding hydrogens is 224 g/mol. The molecular formula is C15H18N2O. The fourth-order valence-corrected chi connectivity index (χ4v) is 1.82. The normalized spacial score (nSPS) is 10.3. The SMILES string of the molecule is Cc1ccc(OCCc2ccccn2)c(CN)c1. The lowest BCUT2D eigenvalue weighted by Gasteiger charge is -2.10. The van der Waals surface area contributed by atoms with Crippen molar-refractivity contribution in [2.45, 2.75) is 19.9 Å². The molecule has 0 amide bonds. The van der Waals surface area contributed by atoms with Crippen LogP contribution in [0.25, 0.3) is 0 Å². The van der Waals surface area contributed by atoms with Crippen molar-refractivity contribution in [3.05, 3.63) is 59.4 Å². The van der Waals surface area contributed by atoms with Crippen molar-refractivity contribution in [2.24, 2.45) is 5.73 Å². The maximum atomic E-state index is 5.77. The van der Waals surface area contributed by atoms with Gasteiger partial charge in [-0.15, -0.1) is 0 Å². The van der Waals surface area contributed by atoms with Gasteiger partial charge in [-0.25, -0.2) is 0 Å². The van der Waals surface area contributed by atoms with Crippen LogP contribution in [0.3, 0.4) is 0 Å². The average molecular weight is 242 g/mol. The molecule has 0 unspecified atom stereocenters. The van der Waals surface area contributed by atoms with E-state index in [4.69, 9.17) is 10.5 Å². The second-order valence-corrected chi connectivity index (χ2v) is 4.23. The van der Waals surface area contributed by atoms with Gasteiger partial charge in [-0.05, 0) is 25.1 Å². The Morgan fingerprint density at radius 2 is 2.11 bits per heavy atom.